The Labute approximate surface area is 111 Å². The molecule has 1 amide bonds. The van der Waals surface area contributed by atoms with Gasteiger partial charge in [0.2, 0.25) is 0 Å². The van der Waals surface area contributed by atoms with Crippen LogP contribution in [0.15, 0.2) is 11.4 Å². The molecule has 0 saturated carbocycles. The molecule has 1 unspecified atom stereocenters. The highest BCUT2D eigenvalue weighted by atomic mass is 127. The second kappa shape index (κ2) is 5.95. The molecule has 1 saturated heterocycles. The monoisotopic (exact) mass is 353 g/mol. The van der Waals surface area contributed by atoms with Gasteiger partial charge in [-0.3, -0.25) is 4.79 Å². The molecule has 4 nitrogen and oxygen atoms in total. The number of halogens is 1. The summed E-state index contributed by atoms with van der Waals surface area (Å²) in [4.78, 5) is 11.7. The third-order valence-electron chi connectivity index (χ3n) is 2.20. The van der Waals surface area contributed by atoms with Crippen molar-refractivity contribution < 1.29 is 14.3 Å². The third kappa shape index (κ3) is 3.41. The van der Waals surface area contributed by atoms with Crippen LogP contribution in [0.1, 0.15) is 10.4 Å². The molecule has 1 N–H and O–H groups in total. The molecule has 0 bridgehead atoms. The molecule has 1 atom stereocenters. The lowest BCUT2D eigenvalue weighted by Crippen LogP contribution is -2.39. The van der Waals surface area contributed by atoms with Gasteiger partial charge in [0.25, 0.3) is 5.91 Å². The molecule has 6 heteroatoms. The van der Waals surface area contributed by atoms with Crippen LogP contribution < -0.4 is 5.32 Å². The number of amides is 1. The van der Waals surface area contributed by atoms with Crippen LogP contribution in [0.3, 0.4) is 0 Å². The second-order valence-electron chi connectivity index (χ2n) is 3.42. The van der Waals surface area contributed by atoms with Crippen molar-refractivity contribution in [3.8, 4) is 0 Å². The fourth-order valence-corrected chi connectivity index (χ4v) is 2.72. The summed E-state index contributed by atoms with van der Waals surface area (Å²) in [6, 6.07) is 1.87. The van der Waals surface area contributed by atoms with Crippen LogP contribution in [-0.4, -0.2) is 38.4 Å². The van der Waals surface area contributed by atoms with Crippen molar-refractivity contribution in [3.05, 3.63) is 19.9 Å². The van der Waals surface area contributed by atoms with E-state index in [-0.39, 0.29) is 12.0 Å². The number of carbonyl (C=O) groups is 1. The Morgan fingerprint density at radius 1 is 1.62 bits per heavy atom. The molecule has 2 rings (SSSR count). The Kier molecular flexibility index (Phi) is 4.56. The summed E-state index contributed by atoms with van der Waals surface area (Å²) < 4.78 is 11.8. The van der Waals surface area contributed by atoms with Gasteiger partial charge in [-0.1, -0.05) is 0 Å². The Hall–Kier alpha value is -0.180. The van der Waals surface area contributed by atoms with Gasteiger partial charge in [0.05, 0.1) is 34.4 Å². The second-order valence-corrected chi connectivity index (χ2v) is 6.22. The van der Waals surface area contributed by atoms with Gasteiger partial charge in [0.15, 0.2) is 0 Å². The van der Waals surface area contributed by atoms with Crippen molar-refractivity contribution in [2.45, 2.75) is 6.10 Å². The van der Waals surface area contributed by atoms with Crippen LogP contribution >= 0.6 is 33.9 Å². The van der Waals surface area contributed by atoms with E-state index in [9.17, 15) is 4.79 Å². The first-order chi connectivity index (χ1) is 7.75. The van der Waals surface area contributed by atoms with Crippen molar-refractivity contribution in [2.24, 2.45) is 0 Å². The predicted molar refractivity (Wildman–Crippen MR) is 69.9 cm³/mol. The van der Waals surface area contributed by atoms with E-state index in [0.29, 0.717) is 31.9 Å². The fraction of sp³-hybridized carbons (Fsp3) is 0.500. The maximum absolute atomic E-state index is 11.7. The van der Waals surface area contributed by atoms with Crippen molar-refractivity contribution in [1.29, 1.82) is 0 Å². The minimum absolute atomic E-state index is 0.0181. The van der Waals surface area contributed by atoms with Gasteiger partial charge in [0.1, 0.15) is 0 Å². The first kappa shape index (κ1) is 12.3. The lowest BCUT2D eigenvalue weighted by molar-refractivity contribution is -0.0855. The number of thiophene rings is 1. The van der Waals surface area contributed by atoms with Gasteiger partial charge in [-0.15, -0.1) is 11.3 Å². The number of hydrogen-bond donors (Lipinski definition) is 1. The average molecular weight is 353 g/mol. The summed E-state index contributed by atoms with van der Waals surface area (Å²) in [6.45, 7) is 2.32. The number of ether oxygens (including phenoxy) is 2. The zero-order valence-corrected chi connectivity index (χ0v) is 11.5. The lowest BCUT2D eigenvalue weighted by atomic mass is 10.3. The van der Waals surface area contributed by atoms with Crippen LogP contribution in [0.5, 0.6) is 0 Å². The van der Waals surface area contributed by atoms with Crippen molar-refractivity contribution in [2.75, 3.05) is 26.4 Å². The van der Waals surface area contributed by atoms with E-state index in [1.165, 1.54) is 0 Å². The van der Waals surface area contributed by atoms with Crippen molar-refractivity contribution in [1.82, 2.24) is 5.32 Å². The highest BCUT2D eigenvalue weighted by Gasteiger charge is 2.16. The molecule has 0 aromatic carbocycles. The number of carbonyl (C=O) groups excluding carboxylic acids is 1. The SMILES string of the molecule is O=C(NCC1COCCO1)c1csc(I)c1. The maximum atomic E-state index is 11.7. The van der Waals surface area contributed by atoms with Gasteiger partial charge in [-0.05, 0) is 28.7 Å². The van der Waals surface area contributed by atoms with E-state index < -0.39 is 0 Å². The summed E-state index contributed by atoms with van der Waals surface area (Å²) in [5.41, 5.74) is 0.714. The molecule has 0 aliphatic carbocycles. The number of rotatable bonds is 3. The molecule has 0 radical (unpaired) electrons. The van der Waals surface area contributed by atoms with E-state index in [1.54, 1.807) is 11.3 Å². The van der Waals surface area contributed by atoms with E-state index in [0.717, 1.165) is 2.88 Å². The minimum atomic E-state index is -0.0478. The van der Waals surface area contributed by atoms with Gasteiger partial charge in [-0.2, -0.15) is 0 Å². The Balaban J connectivity index is 1.79. The van der Waals surface area contributed by atoms with E-state index in [1.807, 2.05) is 11.4 Å². The Bertz CT molecular complexity index is 363. The standard InChI is InChI=1S/C10H12INO3S/c11-9-3-7(6-16-9)10(13)12-4-8-5-14-1-2-15-8/h3,6,8H,1-2,4-5H2,(H,12,13). The zero-order chi connectivity index (χ0) is 11.4. The molecule has 1 aliphatic rings. The largest absolute Gasteiger partial charge is 0.376 e. The zero-order valence-electron chi connectivity index (χ0n) is 8.57. The molecule has 1 fully saturated rings. The molecule has 1 aliphatic heterocycles. The molecule has 16 heavy (non-hydrogen) atoms. The van der Waals surface area contributed by atoms with Gasteiger partial charge in [0, 0.05) is 11.9 Å². The smallest absolute Gasteiger partial charge is 0.252 e. The fourth-order valence-electron chi connectivity index (χ4n) is 1.39. The molecule has 1 aromatic rings. The van der Waals surface area contributed by atoms with Crippen LogP contribution in [0.25, 0.3) is 0 Å². The van der Waals surface area contributed by atoms with Crippen molar-refractivity contribution in [3.63, 3.8) is 0 Å². The molecular formula is C10H12INO3S. The molecular weight excluding hydrogens is 341 g/mol. The van der Waals surface area contributed by atoms with Gasteiger partial charge >= 0.3 is 0 Å². The summed E-state index contributed by atoms with van der Waals surface area (Å²) >= 11 is 3.76. The van der Waals surface area contributed by atoms with E-state index in [2.05, 4.69) is 27.9 Å². The van der Waals surface area contributed by atoms with E-state index in [4.69, 9.17) is 9.47 Å². The molecule has 0 spiro atoms. The highest BCUT2D eigenvalue weighted by Crippen LogP contribution is 2.16. The van der Waals surface area contributed by atoms with Gasteiger partial charge in [-0.25, -0.2) is 0 Å². The molecule has 88 valence electrons. The van der Waals surface area contributed by atoms with Gasteiger partial charge < -0.3 is 14.8 Å². The first-order valence-electron chi connectivity index (χ1n) is 4.97. The van der Waals surface area contributed by atoms with E-state index >= 15 is 0 Å². The normalized spacial score (nSPS) is 20.7. The number of nitrogens with one attached hydrogen (secondary N) is 1. The van der Waals surface area contributed by atoms with Crippen LogP contribution in [0.2, 0.25) is 0 Å². The summed E-state index contributed by atoms with van der Waals surface area (Å²) in [5.74, 6) is -0.0478. The van der Waals surface area contributed by atoms with Crippen molar-refractivity contribution >= 4 is 39.8 Å². The Morgan fingerprint density at radius 2 is 2.50 bits per heavy atom. The quantitative estimate of drug-likeness (QED) is 0.838. The summed E-state index contributed by atoms with van der Waals surface area (Å²) in [7, 11) is 0. The van der Waals surface area contributed by atoms with Crippen LogP contribution in [-0.2, 0) is 9.47 Å². The predicted octanol–water partition coefficient (Wildman–Crippen LogP) is 1.50. The lowest BCUT2D eigenvalue weighted by Gasteiger charge is -2.22. The maximum Gasteiger partial charge on any atom is 0.252 e. The molecule has 1 aromatic heterocycles. The molecule has 2 heterocycles. The average Bonchev–Trinajstić information content (AvgIpc) is 2.74. The summed E-state index contributed by atoms with van der Waals surface area (Å²) in [5, 5.41) is 4.70. The highest BCUT2D eigenvalue weighted by molar-refractivity contribution is 14.1. The first-order valence-corrected chi connectivity index (χ1v) is 6.93. The Morgan fingerprint density at radius 3 is 3.12 bits per heavy atom. The topological polar surface area (TPSA) is 47.6 Å². The third-order valence-corrected chi connectivity index (χ3v) is 3.99. The van der Waals surface area contributed by atoms with Crippen LogP contribution in [0.4, 0.5) is 0 Å². The number of hydrogen-bond acceptors (Lipinski definition) is 4. The minimum Gasteiger partial charge on any atom is -0.376 e. The van der Waals surface area contributed by atoms with Crippen LogP contribution in [0, 0.1) is 2.88 Å². The summed E-state index contributed by atoms with van der Waals surface area (Å²) in [6.07, 6.45) is -0.0181.